The van der Waals surface area contributed by atoms with Crippen molar-refractivity contribution < 1.29 is 57.4 Å². The Bertz CT molecular complexity index is 1360. The zero-order chi connectivity index (χ0) is 21.6. The average Bonchev–Trinajstić information content (AvgIpc) is 2.97. The first-order valence-corrected chi connectivity index (χ1v) is 12.6. The Kier molecular flexibility index (Phi) is 7.67. The van der Waals surface area contributed by atoms with Crippen LogP contribution in [0.2, 0.25) is 5.02 Å². The number of halogens is 1. The van der Waals surface area contributed by atoms with E-state index in [1.54, 1.807) is 25.1 Å². The number of hydrogen-bond acceptors (Lipinski definition) is 7. The third kappa shape index (κ3) is 5.01. The molecule has 1 aromatic heterocycles. The smallest absolute Gasteiger partial charge is 1.00 e. The number of methoxy groups -OCH3 is 1. The molecule has 2 aromatic carbocycles. The Labute approximate surface area is 207 Å². The minimum Gasteiger partial charge on any atom is -1.00 e. The van der Waals surface area contributed by atoms with Crippen LogP contribution in [0.3, 0.4) is 0 Å². The molecule has 0 aliphatic heterocycles. The van der Waals surface area contributed by atoms with Crippen molar-refractivity contribution in [1.82, 2.24) is 0 Å². The Morgan fingerprint density at radius 3 is 2.40 bits per heavy atom. The van der Waals surface area contributed by atoms with Crippen LogP contribution in [-0.4, -0.2) is 36.2 Å². The summed E-state index contributed by atoms with van der Waals surface area (Å²) in [7, 11) is -6.77. The van der Waals surface area contributed by atoms with Crippen molar-refractivity contribution >= 4 is 64.5 Å². The average molecular weight is 498 g/mol. The molecule has 0 aliphatic carbocycles. The first-order chi connectivity index (χ1) is 13.4. The van der Waals surface area contributed by atoms with E-state index >= 15 is 0 Å². The van der Waals surface area contributed by atoms with E-state index in [0.717, 1.165) is 35.5 Å². The van der Waals surface area contributed by atoms with Crippen LogP contribution in [0, 0.1) is 6.92 Å². The standard InChI is InChI=1S/C18H16ClNO6S3.Na.H/c1-10-13-9-12(19)5-7-15(13)27-18(10)29(24,25)20-14-6-4-11(17(21)26-2)8-16(14)28(3,22)23;;/h4-9,20H,1-3H3;;/q;+1;-1. The minimum atomic E-state index is -4.10. The summed E-state index contributed by atoms with van der Waals surface area (Å²) < 4.78 is 58.1. The number of sulfonamides is 1. The quantitative estimate of drug-likeness (QED) is 0.416. The number of ether oxygens (including phenoxy) is 1. The van der Waals surface area contributed by atoms with Crippen LogP contribution < -0.4 is 34.3 Å². The minimum absolute atomic E-state index is 0. The normalized spacial score (nSPS) is 11.7. The molecule has 12 heteroatoms. The fourth-order valence-electron chi connectivity index (χ4n) is 2.78. The van der Waals surface area contributed by atoms with Gasteiger partial charge < -0.3 is 6.16 Å². The topological polar surface area (TPSA) is 107 Å². The summed E-state index contributed by atoms with van der Waals surface area (Å²) in [6.07, 6.45) is 0.924. The summed E-state index contributed by atoms with van der Waals surface area (Å²) in [4.78, 5) is 11.4. The Balaban J connectivity index is 0.00000240. The van der Waals surface area contributed by atoms with Crippen molar-refractivity contribution in [2.45, 2.75) is 16.0 Å². The molecule has 0 atom stereocenters. The molecular formula is C18H17ClNNaO6S3. The van der Waals surface area contributed by atoms with E-state index in [0.29, 0.717) is 16.0 Å². The van der Waals surface area contributed by atoms with Crippen molar-refractivity contribution in [3.63, 3.8) is 0 Å². The molecule has 1 heterocycles. The van der Waals surface area contributed by atoms with E-state index in [1.165, 1.54) is 12.1 Å². The van der Waals surface area contributed by atoms with Gasteiger partial charge in [-0.05, 0) is 54.3 Å². The van der Waals surface area contributed by atoms with E-state index < -0.39 is 25.8 Å². The molecule has 0 unspecified atom stereocenters. The molecule has 3 aromatic rings. The Morgan fingerprint density at radius 2 is 1.80 bits per heavy atom. The van der Waals surface area contributed by atoms with Crippen LogP contribution in [0.1, 0.15) is 17.3 Å². The van der Waals surface area contributed by atoms with Gasteiger partial charge in [0.1, 0.15) is 4.21 Å². The number of sulfone groups is 1. The summed E-state index contributed by atoms with van der Waals surface area (Å²) >= 11 is 7.05. The Morgan fingerprint density at radius 1 is 1.13 bits per heavy atom. The number of nitrogens with one attached hydrogen (secondary N) is 1. The number of aryl methyl sites for hydroxylation is 1. The fourth-order valence-corrected chi connectivity index (χ4v) is 6.70. The second-order valence-corrected chi connectivity index (χ2v) is 11.6. The number of thiophene rings is 1. The number of carbonyl (C=O) groups excluding carboxylic acids is 1. The number of carbonyl (C=O) groups is 1. The molecule has 0 fully saturated rings. The van der Waals surface area contributed by atoms with Gasteiger partial charge in [0.25, 0.3) is 10.0 Å². The molecule has 0 aliphatic rings. The Hall–Kier alpha value is -1.14. The number of benzene rings is 2. The van der Waals surface area contributed by atoms with Gasteiger partial charge >= 0.3 is 35.5 Å². The van der Waals surface area contributed by atoms with Gasteiger partial charge in [-0.15, -0.1) is 11.3 Å². The molecule has 3 rings (SSSR count). The SMILES string of the molecule is COC(=O)c1ccc(NS(=O)(=O)c2sc3ccc(Cl)cc3c2C)c(S(C)(=O)=O)c1.[H-].[Na+]. The maximum atomic E-state index is 13.0. The van der Waals surface area contributed by atoms with Crippen molar-refractivity contribution in [3.8, 4) is 0 Å². The van der Waals surface area contributed by atoms with E-state index in [-0.39, 0.29) is 51.3 Å². The first-order valence-electron chi connectivity index (χ1n) is 8.08. The third-order valence-electron chi connectivity index (χ3n) is 4.15. The molecule has 0 saturated heterocycles. The van der Waals surface area contributed by atoms with Crippen molar-refractivity contribution in [3.05, 3.63) is 52.5 Å². The molecular weight excluding hydrogens is 481 g/mol. The second kappa shape index (κ2) is 9.15. The molecule has 30 heavy (non-hydrogen) atoms. The summed E-state index contributed by atoms with van der Waals surface area (Å²) in [5, 5.41) is 1.18. The third-order valence-corrected chi connectivity index (χ3v) is 8.78. The molecule has 0 spiro atoms. The number of hydrogen-bond donors (Lipinski definition) is 1. The van der Waals surface area contributed by atoms with Crippen LogP contribution in [0.25, 0.3) is 10.1 Å². The maximum Gasteiger partial charge on any atom is 1.00 e. The van der Waals surface area contributed by atoms with Gasteiger partial charge in [-0.1, -0.05) is 11.6 Å². The number of fused-ring (bicyclic) bond motifs is 1. The molecule has 7 nitrogen and oxygen atoms in total. The predicted octanol–water partition coefficient (Wildman–Crippen LogP) is 0.971. The van der Waals surface area contributed by atoms with Crippen molar-refractivity contribution in [1.29, 1.82) is 0 Å². The van der Waals surface area contributed by atoms with Gasteiger partial charge in [0.15, 0.2) is 9.84 Å². The van der Waals surface area contributed by atoms with Crippen molar-refractivity contribution in [2.24, 2.45) is 0 Å². The van der Waals surface area contributed by atoms with Gasteiger partial charge in [-0.2, -0.15) is 0 Å². The van der Waals surface area contributed by atoms with Crippen LogP contribution in [0.5, 0.6) is 0 Å². The second-order valence-electron chi connectivity index (χ2n) is 6.24. The fraction of sp³-hybridized carbons (Fsp3) is 0.167. The summed E-state index contributed by atoms with van der Waals surface area (Å²) in [6.45, 7) is 1.65. The van der Waals surface area contributed by atoms with E-state index in [2.05, 4.69) is 9.46 Å². The number of anilines is 1. The van der Waals surface area contributed by atoms with Crippen LogP contribution in [0.4, 0.5) is 5.69 Å². The van der Waals surface area contributed by atoms with E-state index in [1.807, 2.05) is 0 Å². The first kappa shape index (κ1) is 25.1. The van der Waals surface area contributed by atoms with E-state index in [9.17, 15) is 21.6 Å². The van der Waals surface area contributed by atoms with Gasteiger partial charge in [-0.3, -0.25) is 4.72 Å². The molecule has 0 radical (unpaired) electrons. The summed E-state index contributed by atoms with van der Waals surface area (Å²) in [5.41, 5.74) is 0.339. The summed E-state index contributed by atoms with van der Waals surface area (Å²) in [5.74, 6) is -0.735. The molecule has 1 N–H and O–H groups in total. The molecule has 0 saturated carbocycles. The van der Waals surface area contributed by atoms with Gasteiger partial charge in [0, 0.05) is 16.0 Å². The van der Waals surface area contributed by atoms with Gasteiger partial charge in [0.05, 0.1) is 23.3 Å². The van der Waals surface area contributed by atoms with Crippen LogP contribution >= 0.6 is 22.9 Å². The van der Waals surface area contributed by atoms with E-state index in [4.69, 9.17) is 11.6 Å². The zero-order valence-corrected chi connectivity index (χ0v) is 21.7. The predicted molar refractivity (Wildman–Crippen MR) is 114 cm³/mol. The monoisotopic (exact) mass is 497 g/mol. The number of esters is 1. The molecule has 156 valence electrons. The zero-order valence-electron chi connectivity index (χ0n) is 17.5. The van der Waals surface area contributed by atoms with Crippen LogP contribution in [-0.2, 0) is 24.6 Å². The summed E-state index contributed by atoms with van der Waals surface area (Å²) in [6, 6.07) is 8.65. The van der Waals surface area contributed by atoms with Crippen LogP contribution in [0.15, 0.2) is 45.5 Å². The van der Waals surface area contributed by atoms with Crippen molar-refractivity contribution in [2.75, 3.05) is 18.1 Å². The molecule has 0 bridgehead atoms. The maximum absolute atomic E-state index is 13.0. The largest absolute Gasteiger partial charge is 1.00 e. The van der Waals surface area contributed by atoms with Gasteiger partial charge in [0.2, 0.25) is 0 Å². The molecule has 0 amide bonds. The van der Waals surface area contributed by atoms with Gasteiger partial charge in [-0.25, -0.2) is 21.6 Å². The number of rotatable bonds is 5.